The number of benzene rings is 2. The van der Waals surface area contributed by atoms with E-state index in [1.165, 1.54) is 18.2 Å². The highest BCUT2D eigenvalue weighted by molar-refractivity contribution is 7.27. The van der Waals surface area contributed by atoms with Crippen LogP contribution < -0.4 is 5.30 Å². The number of Topliss-reactive ketones (excluding diaryl/α,β-unsaturated/α-hetero) is 1. The van der Waals surface area contributed by atoms with Crippen LogP contribution in [0.25, 0.3) is 0 Å². The van der Waals surface area contributed by atoms with Gasteiger partial charge in [-0.25, -0.2) is 13.2 Å². The molecule has 2 aromatic rings. The van der Waals surface area contributed by atoms with E-state index in [0.717, 1.165) is 11.6 Å². The molecule has 0 spiro atoms. The molecule has 2 aromatic carbocycles. The molecule has 20 heavy (non-hydrogen) atoms. The number of ketones is 1. The molecule has 0 fully saturated rings. The minimum absolute atomic E-state index is 0.161. The van der Waals surface area contributed by atoms with Crippen molar-refractivity contribution in [2.24, 2.45) is 0 Å². The van der Waals surface area contributed by atoms with E-state index < -0.39 is 23.2 Å². The van der Waals surface area contributed by atoms with Crippen molar-refractivity contribution in [2.75, 3.05) is 0 Å². The van der Waals surface area contributed by atoms with E-state index >= 15 is 0 Å². The molecule has 1 unspecified atom stereocenters. The van der Waals surface area contributed by atoms with Gasteiger partial charge in [0, 0.05) is 11.7 Å². The average molecular weight is 296 g/mol. The topological polar surface area (TPSA) is 17.1 Å². The molecule has 0 N–H and O–H groups in total. The third-order valence-corrected chi connectivity index (χ3v) is 3.79. The van der Waals surface area contributed by atoms with Gasteiger partial charge in [-0.05, 0) is 30.2 Å². The molecule has 2 rings (SSSR count). The Morgan fingerprint density at radius 3 is 2.50 bits per heavy atom. The van der Waals surface area contributed by atoms with Crippen molar-refractivity contribution in [3.8, 4) is 0 Å². The Balaban J connectivity index is 2.33. The molecule has 1 atom stereocenters. The highest BCUT2D eigenvalue weighted by Gasteiger charge is 2.18. The third kappa shape index (κ3) is 2.75. The first-order valence-electron chi connectivity index (χ1n) is 5.92. The lowest BCUT2D eigenvalue weighted by Gasteiger charge is -2.08. The standard InChI is InChI=1S/C15H12F3OP/c1-8-5-6-9(13(17)15(8)20)7-12(19)10-3-2-4-11(16)14(10)18/h2-6H,7,20H2,1H3. The highest BCUT2D eigenvalue weighted by atomic mass is 31.0. The largest absolute Gasteiger partial charge is 0.294 e. The summed E-state index contributed by atoms with van der Waals surface area (Å²) < 4.78 is 40.6. The maximum atomic E-state index is 14.0. The summed E-state index contributed by atoms with van der Waals surface area (Å²) in [6, 6.07) is 6.52. The zero-order chi connectivity index (χ0) is 14.9. The fourth-order valence-corrected chi connectivity index (χ4v) is 2.14. The van der Waals surface area contributed by atoms with Crippen molar-refractivity contribution in [1.29, 1.82) is 0 Å². The lowest BCUT2D eigenvalue weighted by atomic mass is 10.0. The van der Waals surface area contributed by atoms with Gasteiger partial charge in [0.15, 0.2) is 17.4 Å². The quantitative estimate of drug-likeness (QED) is 0.627. The molecule has 5 heteroatoms. The summed E-state index contributed by atoms with van der Waals surface area (Å²) in [6.07, 6.45) is -0.312. The van der Waals surface area contributed by atoms with Gasteiger partial charge in [0.2, 0.25) is 0 Å². The molecule has 0 saturated carbocycles. The molecule has 0 bridgehead atoms. The number of halogens is 3. The van der Waals surface area contributed by atoms with Crippen LogP contribution in [0.5, 0.6) is 0 Å². The van der Waals surface area contributed by atoms with Crippen LogP contribution in [0, 0.1) is 24.4 Å². The van der Waals surface area contributed by atoms with Crippen LogP contribution in [0.4, 0.5) is 13.2 Å². The number of aryl methyl sites for hydroxylation is 1. The maximum absolute atomic E-state index is 14.0. The molecule has 0 radical (unpaired) electrons. The van der Waals surface area contributed by atoms with Gasteiger partial charge in [-0.2, -0.15) is 0 Å². The van der Waals surface area contributed by atoms with Crippen LogP contribution in [0.15, 0.2) is 30.3 Å². The van der Waals surface area contributed by atoms with Crippen molar-refractivity contribution < 1.29 is 18.0 Å². The Morgan fingerprint density at radius 1 is 1.10 bits per heavy atom. The summed E-state index contributed by atoms with van der Waals surface area (Å²) in [7, 11) is 2.27. The number of hydrogen-bond donors (Lipinski definition) is 0. The van der Waals surface area contributed by atoms with Gasteiger partial charge >= 0.3 is 0 Å². The van der Waals surface area contributed by atoms with Gasteiger partial charge in [-0.1, -0.05) is 18.2 Å². The van der Waals surface area contributed by atoms with Gasteiger partial charge in [0.1, 0.15) is 5.82 Å². The molecule has 0 aliphatic rings. The summed E-state index contributed by atoms with van der Waals surface area (Å²) in [5, 5.41) is 0.370. The van der Waals surface area contributed by atoms with Crippen molar-refractivity contribution in [3.63, 3.8) is 0 Å². The highest BCUT2D eigenvalue weighted by Crippen LogP contribution is 2.17. The zero-order valence-electron chi connectivity index (χ0n) is 10.7. The molecule has 1 nitrogen and oxygen atoms in total. The van der Waals surface area contributed by atoms with Crippen LogP contribution >= 0.6 is 9.24 Å². The van der Waals surface area contributed by atoms with Crippen molar-refractivity contribution >= 4 is 20.3 Å². The summed E-state index contributed by atoms with van der Waals surface area (Å²) in [6.45, 7) is 1.74. The molecule has 0 aromatic heterocycles. The zero-order valence-corrected chi connectivity index (χ0v) is 11.9. The second-order valence-electron chi connectivity index (χ2n) is 4.47. The van der Waals surface area contributed by atoms with E-state index in [9.17, 15) is 18.0 Å². The van der Waals surface area contributed by atoms with Crippen LogP contribution in [0.3, 0.4) is 0 Å². The monoisotopic (exact) mass is 296 g/mol. The Kier molecular flexibility index (Phi) is 4.24. The number of rotatable bonds is 3. The molecule has 0 aliphatic heterocycles. The van der Waals surface area contributed by atoms with Crippen molar-refractivity contribution in [2.45, 2.75) is 13.3 Å². The van der Waals surface area contributed by atoms with Gasteiger partial charge in [0.25, 0.3) is 0 Å². The molecule has 0 saturated heterocycles. The Labute approximate surface area is 117 Å². The van der Waals surface area contributed by atoms with Crippen molar-refractivity contribution in [1.82, 2.24) is 0 Å². The minimum Gasteiger partial charge on any atom is -0.294 e. The Bertz CT molecular complexity index is 683. The molecule has 0 heterocycles. The van der Waals surface area contributed by atoms with E-state index in [-0.39, 0.29) is 17.5 Å². The van der Waals surface area contributed by atoms with E-state index in [1.807, 2.05) is 0 Å². The first-order chi connectivity index (χ1) is 9.41. The smallest absolute Gasteiger partial charge is 0.170 e. The summed E-state index contributed by atoms with van der Waals surface area (Å²) in [5.41, 5.74) is 0.533. The number of carbonyl (C=O) groups is 1. The Hall–Kier alpha value is -1.67. The van der Waals surface area contributed by atoms with Crippen LogP contribution in [0.2, 0.25) is 0 Å². The second-order valence-corrected chi connectivity index (χ2v) is 5.05. The molecule has 0 amide bonds. The van der Waals surface area contributed by atoms with Crippen LogP contribution in [0.1, 0.15) is 21.5 Å². The minimum atomic E-state index is -1.20. The Morgan fingerprint density at radius 2 is 1.80 bits per heavy atom. The summed E-state index contributed by atoms with van der Waals surface area (Å²) in [5.74, 6) is -3.46. The van der Waals surface area contributed by atoms with E-state index in [0.29, 0.717) is 5.30 Å². The summed E-state index contributed by atoms with van der Waals surface area (Å²) in [4.78, 5) is 12.0. The lowest BCUT2D eigenvalue weighted by Crippen LogP contribution is -2.13. The second kappa shape index (κ2) is 5.76. The third-order valence-electron chi connectivity index (χ3n) is 3.08. The van der Waals surface area contributed by atoms with Crippen molar-refractivity contribution in [3.05, 3.63) is 64.5 Å². The fraction of sp³-hybridized carbons (Fsp3) is 0.133. The van der Waals surface area contributed by atoms with Gasteiger partial charge < -0.3 is 0 Å². The van der Waals surface area contributed by atoms with E-state index in [2.05, 4.69) is 9.24 Å². The fourth-order valence-electron chi connectivity index (χ4n) is 1.86. The lowest BCUT2D eigenvalue weighted by molar-refractivity contribution is 0.0987. The van der Waals surface area contributed by atoms with Crippen LogP contribution in [-0.4, -0.2) is 5.78 Å². The molecule has 0 aliphatic carbocycles. The van der Waals surface area contributed by atoms with Gasteiger partial charge in [-0.15, -0.1) is 9.24 Å². The van der Waals surface area contributed by atoms with E-state index in [1.54, 1.807) is 13.0 Å². The van der Waals surface area contributed by atoms with Crippen LogP contribution in [-0.2, 0) is 6.42 Å². The molecule has 104 valence electrons. The predicted molar refractivity (Wildman–Crippen MR) is 74.9 cm³/mol. The molecular weight excluding hydrogens is 284 g/mol. The first kappa shape index (κ1) is 14.7. The number of hydrogen-bond acceptors (Lipinski definition) is 1. The SMILES string of the molecule is Cc1ccc(CC(=O)c2cccc(F)c2F)c(F)c1P. The summed E-state index contributed by atoms with van der Waals surface area (Å²) >= 11 is 0. The maximum Gasteiger partial charge on any atom is 0.170 e. The predicted octanol–water partition coefficient (Wildman–Crippen LogP) is 3.34. The number of carbonyl (C=O) groups excluding carboxylic acids is 1. The van der Waals surface area contributed by atoms with Gasteiger partial charge in [0.05, 0.1) is 5.56 Å². The normalized spacial score (nSPS) is 10.7. The van der Waals surface area contributed by atoms with Gasteiger partial charge in [-0.3, -0.25) is 4.79 Å². The average Bonchev–Trinajstić information content (AvgIpc) is 2.42. The van der Waals surface area contributed by atoms with E-state index in [4.69, 9.17) is 0 Å². The molecular formula is C15H12F3OP. The first-order valence-corrected chi connectivity index (χ1v) is 6.50.